The van der Waals surface area contributed by atoms with Crippen molar-refractivity contribution in [3.8, 4) is 0 Å². The molecule has 172 valence electrons. The van der Waals surface area contributed by atoms with E-state index in [2.05, 4.69) is 19.1 Å². The Kier molecular flexibility index (Phi) is 24.6. The zero-order chi connectivity index (χ0) is 21.3. The molecule has 0 unspecified atom stereocenters. The molecular formula is C27H52O2. The van der Waals surface area contributed by atoms with Gasteiger partial charge in [0.1, 0.15) is 0 Å². The molecule has 2 nitrogen and oxygen atoms in total. The van der Waals surface area contributed by atoms with Crippen molar-refractivity contribution in [1.29, 1.82) is 0 Å². The summed E-state index contributed by atoms with van der Waals surface area (Å²) < 4.78 is 0. The standard InChI is InChI=1S/C27H52O2/c1-2-3-4-5-6-7-8-9-10-11-12-13-14-15-16-17-18-19-20-21-22-23-24-25-26-27(28)29/h18-19H,2-17,20-26H2,1H3,(H,28,29). The molecule has 0 aliphatic rings. The van der Waals surface area contributed by atoms with Gasteiger partial charge in [0.2, 0.25) is 0 Å². The molecule has 0 saturated carbocycles. The number of hydrogen-bond donors (Lipinski definition) is 1. The van der Waals surface area contributed by atoms with Gasteiger partial charge in [-0.1, -0.05) is 128 Å². The van der Waals surface area contributed by atoms with Gasteiger partial charge >= 0.3 is 5.97 Å². The first-order valence-corrected chi connectivity index (χ1v) is 13.1. The van der Waals surface area contributed by atoms with Crippen LogP contribution in [-0.4, -0.2) is 11.1 Å². The van der Waals surface area contributed by atoms with Crippen molar-refractivity contribution in [1.82, 2.24) is 0 Å². The molecule has 0 radical (unpaired) electrons. The fourth-order valence-electron chi connectivity index (χ4n) is 3.94. The Balaban J connectivity index is 3.07. The maximum Gasteiger partial charge on any atom is 0.303 e. The summed E-state index contributed by atoms with van der Waals surface area (Å²) in [5, 5.41) is 8.58. The molecule has 0 aromatic rings. The SMILES string of the molecule is CCCCCCCCCCCCCCCCCC=CCCCCCCCC(=O)O. The number of allylic oxidation sites excluding steroid dienone is 2. The van der Waals surface area contributed by atoms with Crippen LogP contribution in [0.3, 0.4) is 0 Å². The minimum Gasteiger partial charge on any atom is -0.481 e. The highest BCUT2D eigenvalue weighted by Crippen LogP contribution is 2.14. The topological polar surface area (TPSA) is 37.3 Å². The lowest BCUT2D eigenvalue weighted by molar-refractivity contribution is -0.137. The van der Waals surface area contributed by atoms with Crippen molar-refractivity contribution >= 4 is 5.97 Å². The number of unbranched alkanes of at least 4 members (excludes halogenated alkanes) is 20. The number of rotatable bonds is 24. The quantitative estimate of drug-likeness (QED) is 0.127. The third kappa shape index (κ3) is 27.2. The molecule has 0 spiro atoms. The van der Waals surface area contributed by atoms with Gasteiger partial charge in [-0.05, 0) is 32.1 Å². The summed E-state index contributed by atoms with van der Waals surface area (Å²) in [6, 6.07) is 0. The number of carboxylic acid groups (broad SMARTS) is 1. The van der Waals surface area contributed by atoms with E-state index in [4.69, 9.17) is 5.11 Å². The van der Waals surface area contributed by atoms with Gasteiger partial charge in [0.15, 0.2) is 0 Å². The van der Waals surface area contributed by atoms with Crippen LogP contribution in [0.5, 0.6) is 0 Å². The minimum atomic E-state index is -0.660. The van der Waals surface area contributed by atoms with Gasteiger partial charge in [-0.15, -0.1) is 0 Å². The van der Waals surface area contributed by atoms with Crippen molar-refractivity contribution in [2.24, 2.45) is 0 Å². The number of carbonyl (C=O) groups is 1. The third-order valence-corrected chi connectivity index (χ3v) is 5.90. The van der Waals surface area contributed by atoms with Crippen molar-refractivity contribution in [2.45, 2.75) is 155 Å². The van der Waals surface area contributed by atoms with E-state index in [1.807, 2.05) is 0 Å². The molecule has 0 amide bonds. The highest BCUT2D eigenvalue weighted by atomic mass is 16.4. The molecule has 0 aliphatic carbocycles. The summed E-state index contributed by atoms with van der Waals surface area (Å²) in [5.41, 5.74) is 0. The fraction of sp³-hybridized carbons (Fsp3) is 0.889. The average Bonchev–Trinajstić information content (AvgIpc) is 2.71. The number of carboxylic acids is 1. The van der Waals surface area contributed by atoms with Gasteiger partial charge in [-0.25, -0.2) is 0 Å². The van der Waals surface area contributed by atoms with Crippen molar-refractivity contribution in [2.75, 3.05) is 0 Å². The second kappa shape index (κ2) is 25.2. The Hall–Kier alpha value is -0.790. The molecular weight excluding hydrogens is 356 g/mol. The third-order valence-electron chi connectivity index (χ3n) is 5.90. The Bertz CT molecular complexity index is 348. The summed E-state index contributed by atoms with van der Waals surface area (Å²) in [5.74, 6) is -0.660. The van der Waals surface area contributed by atoms with Gasteiger partial charge in [-0.3, -0.25) is 4.79 Å². The lowest BCUT2D eigenvalue weighted by Crippen LogP contribution is -1.93. The Morgan fingerprint density at radius 1 is 0.517 bits per heavy atom. The Morgan fingerprint density at radius 2 is 0.828 bits per heavy atom. The van der Waals surface area contributed by atoms with E-state index in [0.717, 1.165) is 12.8 Å². The summed E-state index contributed by atoms with van der Waals surface area (Å²) in [6.45, 7) is 2.29. The second-order valence-corrected chi connectivity index (χ2v) is 8.91. The molecule has 1 N–H and O–H groups in total. The fourth-order valence-corrected chi connectivity index (χ4v) is 3.94. The van der Waals surface area contributed by atoms with Gasteiger partial charge < -0.3 is 5.11 Å². The maximum absolute atomic E-state index is 10.4. The molecule has 0 aromatic carbocycles. The molecule has 0 aromatic heterocycles. The predicted molar refractivity (Wildman–Crippen MR) is 129 cm³/mol. The Labute approximate surface area is 182 Å². The molecule has 0 bridgehead atoms. The Morgan fingerprint density at radius 3 is 1.17 bits per heavy atom. The van der Waals surface area contributed by atoms with Gasteiger partial charge in [0.25, 0.3) is 0 Å². The molecule has 0 rings (SSSR count). The summed E-state index contributed by atoms with van der Waals surface area (Å²) >= 11 is 0. The molecule has 2 heteroatoms. The van der Waals surface area contributed by atoms with E-state index in [9.17, 15) is 4.79 Å². The van der Waals surface area contributed by atoms with E-state index in [1.54, 1.807) is 0 Å². The van der Waals surface area contributed by atoms with Gasteiger partial charge in [0, 0.05) is 6.42 Å². The minimum absolute atomic E-state index is 0.332. The largest absolute Gasteiger partial charge is 0.481 e. The lowest BCUT2D eigenvalue weighted by Gasteiger charge is -2.03. The van der Waals surface area contributed by atoms with Crippen LogP contribution >= 0.6 is 0 Å². The molecule has 0 aliphatic heterocycles. The molecule has 0 fully saturated rings. The average molecular weight is 409 g/mol. The normalized spacial score (nSPS) is 11.5. The van der Waals surface area contributed by atoms with Crippen molar-refractivity contribution < 1.29 is 9.90 Å². The zero-order valence-electron chi connectivity index (χ0n) is 19.8. The van der Waals surface area contributed by atoms with E-state index in [0.29, 0.717) is 6.42 Å². The van der Waals surface area contributed by atoms with E-state index in [-0.39, 0.29) is 0 Å². The zero-order valence-corrected chi connectivity index (χ0v) is 19.8. The highest BCUT2D eigenvalue weighted by Gasteiger charge is 1.96. The van der Waals surface area contributed by atoms with Crippen LogP contribution in [0.2, 0.25) is 0 Å². The van der Waals surface area contributed by atoms with Crippen LogP contribution in [0.15, 0.2) is 12.2 Å². The van der Waals surface area contributed by atoms with E-state index >= 15 is 0 Å². The van der Waals surface area contributed by atoms with Crippen LogP contribution in [0.1, 0.15) is 155 Å². The van der Waals surface area contributed by atoms with E-state index < -0.39 is 5.97 Å². The first kappa shape index (κ1) is 28.2. The molecule has 0 heterocycles. The van der Waals surface area contributed by atoms with E-state index in [1.165, 1.54) is 128 Å². The van der Waals surface area contributed by atoms with Crippen molar-refractivity contribution in [3.05, 3.63) is 12.2 Å². The number of aliphatic carboxylic acids is 1. The van der Waals surface area contributed by atoms with Crippen molar-refractivity contribution in [3.63, 3.8) is 0 Å². The first-order chi connectivity index (χ1) is 14.3. The molecule has 0 saturated heterocycles. The van der Waals surface area contributed by atoms with Crippen LogP contribution < -0.4 is 0 Å². The van der Waals surface area contributed by atoms with Gasteiger partial charge in [0.05, 0.1) is 0 Å². The predicted octanol–water partition coefficient (Wildman–Crippen LogP) is 9.62. The lowest BCUT2D eigenvalue weighted by atomic mass is 10.0. The van der Waals surface area contributed by atoms with Crippen LogP contribution in [0, 0.1) is 0 Å². The monoisotopic (exact) mass is 408 g/mol. The molecule has 0 atom stereocenters. The number of hydrogen-bond acceptors (Lipinski definition) is 1. The van der Waals surface area contributed by atoms with Crippen LogP contribution in [-0.2, 0) is 4.79 Å². The summed E-state index contributed by atoms with van der Waals surface area (Å²) in [7, 11) is 0. The summed E-state index contributed by atoms with van der Waals surface area (Å²) in [4.78, 5) is 10.4. The molecule has 29 heavy (non-hydrogen) atoms. The van der Waals surface area contributed by atoms with Crippen LogP contribution in [0.4, 0.5) is 0 Å². The van der Waals surface area contributed by atoms with Crippen LogP contribution in [0.25, 0.3) is 0 Å². The van der Waals surface area contributed by atoms with Gasteiger partial charge in [-0.2, -0.15) is 0 Å². The highest BCUT2D eigenvalue weighted by molar-refractivity contribution is 5.66. The first-order valence-electron chi connectivity index (χ1n) is 13.1. The smallest absolute Gasteiger partial charge is 0.303 e. The summed E-state index contributed by atoms with van der Waals surface area (Å²) in [6.07, 6.45) is 34.5. The maximum atomic E-state index is 10.4. The second-order valence-electron chi connectivity index (χ2n) is 8.91.